The van der Waals surface area contributed by atoms with Crippen molar-refractivity contribution in [2.24, 2.45) is 0 Å². The third-order valence-electron chi connectivity index (χ3n) is 6.54. The summed E-state index contributed by atoms with van der Waals surface area (Å²) in [4.78, 5) is 48.9. The largest absolute Gasteiger partial charge is 0.489 e. The number of anilines is 2. The Morgan fingerprint density at radius 2 is 1.74 bits per heavy atom. The van der Waals surface area contributed by atoms with Crippen LogP contribution in [0.5, 0.6) is 5.75 Å². The number of nitrogens with one attached hydrogen (secondary N) is 2. The zero-order chi connectivity index (χ0) is 30.4. The maximum atomic E-state index is 13.6. The van der Waals surface area contributed by atoms with Gasteiger partial charge in [0.05, 0.1) is 16.3 Å². The molecule has 1 aromatic carbocycles. The summed E-state index contributed by atoms with van der Waals surface area (Å²) in [5.74, 6) is -0.0319. The third-order valence-corrected chi connectivity index (χ3v) is 6.77. The molecular weight excluding hydrogens is 558 g/mol. The molecule has 1 fully saturated rings. The van der Waals surface area contributed by atoms with Crippen molar-refractivity contribution in [3.05, 3.63) is 76.7 Å². The number of benzene rings is 1. The molecule has 2 aromatic heterocycles. The molecule has 0 unspecified atom stereocenters. The Morgan fingerprint density at radius 3 is 2.38 bits per heavy atom. The fraction of sp³-hybridized carbons (Fsp3) is 0.387. The minimum atomic E-state index is -0.564. The topological polar surface area (TPSA) is 123 Å². The zero-order valence-corrected chi connectivity index (χ0v) is 25.2. The first-order chi connectivity index (χ1) is 19.9. The Morgan fingerprint density at radius 1 is 1.00 bits per heavy atom. The second kappa shape index (κ2) is 13.2. The van der Waals surface area contributed by atoms with Gasteiger partial charge in [0.2, 0.25) is 0 Å². The van der Waals surface area contributed by atoms with Crippen molar-refractivity contribution in [1.29, 1.82) is 0 Å². The van der Waals surface area contributed by atoms with E-state index in [0.29, 0.717) is 48.1 Å². The number of rotatable bonds is 7. The number of pyridine rings is 2. The molecule has 0 atom stereocenters. The molecule has 11 heteroatoms. The van der Waals surface area contributed by atoms with Gasteiger partial charge in [0.25, 0.3) is 11.8 Å². The van der Waals surface area contributed by atoms with Crippen LogP contribution in [0.3, 0.4) is 0 Å². The molecule has 3 amide bonds. The minimum absolute atomic E-state index is 0.0263. The lowest BCUT2D eigenvalue weighted by atomic mass is 10.00. The number of halogens is 1. The van der Waals surface area contributed by atoms with E-state index in [1.165, 1.54) is 12.4 Å². The van der Waals surface area contributed by atoms with E-state index >= 15 is 0 Å². The molecule has 1 aliphatic rings. The number of carbonyl (C=O) groups excluding carboxylic acids is 3. The number of carbonyl (C=O) groups is 3. The van der Waals surface area contributed by atoms with E-state index in [-0.39, 0.29) is 29.5 Å². The average Bonchev–Trinajstić information content (AvgIpc) is 2.94. The first-order valence-corrected chi connectivity index (χ1v) is 14.2. The molecule has 0 saturated carbocycles. The maximum Gasteiger partial charge on any atom is 0.410 e. The number of amides is 3. The summed E-state index contributed by atoms with van der Waals surface area (Å²) in [5.41, 5.74) is 1.04. The molecular formula is C31H36ClN5O5. The van der Waals surface area contributed by atoms with E-state index < -0.39 is 17.4 Å². The molecule has 3 aromatic rings. The monoisotopic (exact) mass is 593 g/mol. The standard InChI is InChI=1S/C31H36ClN5O5/c1-19(2)20-8-10-23(25(17-20)41-22-12-15-37(16-13-22)30(40)42-31(3,4)5)28(38)35-24-7-6-14-33-27(24)29(39)36-26-11-9-21(32)18-34-26/h6-11,14,17-19,22H,12-13,15-16H2,1-5H3,(H,35,38)(H,34,36,39). The van der Waals surface area contributed by atoms with Crippen molar-refractivity contribution in [2.75, 3.05) is 23.7 Å². The molecule has 0 spiro atoms. The number of hydrogen-bond donors (Lipinski definition) is 2. The zero-order valence-electron chi connectivity index (χ0n) is 24.4. The van der Waals surface area contributed by atoms with E-state index in [0.717, 1.165) is 5.56 Å². The van der Waals surface area contributed by atoms with E-state index in [1.807, 2.05) is 32.9 Å². The van der Waals surface area contributed by atoms with E-state index in [4.69, 9.17) is 21.1 Å². The van der Waals surface area contributed by atoms with Gasteiger partial charge in [-0.1, -0.05) is 31.5 Å². The highest BCUT2D eigenvalue weighted by atomic mass is 35.5. The van der Waals surface area contributed by atoms with Crippen molar-refractivity contribution in [1.82, 2.24) is 14.9 Å². The fourth-order valence-corrected chi connectivity index (χ4v) is 4.46. The maximum absolute atomic E-state index is 13.6. The van der Waals surface area contributed by atoms with E-state index in [1.54, 1.807) is 35.2 Å². The summed E-state index contributed by atoms with van der Waals surface area (Å²) in [6.07, 6.45) is 3.54. The Labute approximate surface area is 250 Å². The molecule has 0 bridgehead atoms. The Hall–Kier alpha value is -4.18. The smallest absolute Gasteiger partial charge is 0.410 e. The minimum Gasteiger partial charge on any atom is -0.489 e. The number of aromatic nitrogens is 2. The van der Waals surface area contributed by atoms with Crippen LogP contribution in [-0.2, 0) is 4.74 Å². The predicted octanol–water partition coefficient (Wildman–Crippen LogP) is 6.54. The van der Waals surface area contributed by atoms with Crippen molar-refractivity contribution < 1.29 is 23.9 Å². The van der Waals surface area contributed by atoms with Crippen LogP contribution in [0, 0.1) is 0 Å². The highest BCUT2D eigenvalue weighted by Gasteiger charge is 2.29. The number of likely N-dealkylation sites (tertiary alicyclic amines) is 1. The number of ether oxygens (including phenoxy) is 2. The lowest BCUT2D eigenvalue weighted by molar-refractivity contribution is 0.0126. The third kappa shape index (κ3) is 8.19. The van der Waals surface area contributed by atoms with Crippen molar-refractivity contribution in [2.45, 2.75) is 65.1 Å². The van der Waals surface area contributed by atoms with Gasteiger partial charge in [-0.3, -0.25) is 9.59 Å². The normalized spacial score (nSPS) is 13.9. The van der Waals surface area contributed by atoms with Crippen LogP contribution in [0.15, 0.2) is 54.9 Å². The van der Waals surface area contributed by atoms with Gasteiger partial charge in [-0.15, -0.1) is 0 Å². The molecule has 0 radical (unpaired) electrons. The van der Waals surface area contributed by atoms with Crippen LogP contribution in [-0.4, -0.2) is 57.6 Å². The number of hydrogen-bond acceptors (Lipinski definition) is 7. The van der Waals surface area contributed by atoms with Crippen molar-refractivity contribution in [3.8, 4) is 5.75 Å². The Bertz CT molecular complexity index is 1430. The molecule has 222 valence electrons. The second-order valence-electron chi connectivity index (χ2n) is 11.4. The second-order valence-corrected chi connectivity index (χ2v) is 11.8. The van der Waals surface area contributed by atoms with Gasteiger partial charge >= 0.3 is 6.09 Å². The summed E-state index contributed by atoms with van der Waals surface area (Å²) in [6.45, 7) is 10.6. The lowest BCUT2D eigenvalue weighted by Crippen LogP contribution is -2.44. The van der Waals surface area contributed by atoms with Gasteiger partial charge in [0.15, 0.2) is 5.69 Å². The van der Waals surface area contributed by atoms with Gasteiger partial charge in [0, 0.05) is 38.3 Å². The first kappa shape index (κ1) is 30.8. The van der Waals surface area contributed by atoms with Gasteiger partial charge in [0.1, 0.15) is 23.3 Å². The van der Waals surface area contributed by atoms with Gasteiger partial charge in [-0.05, 0) is 68.7 Å². The van der Waals surface area contributed by atoms with E-state index in [9.17, 15) is 14.4 Å². The average molecular weight is 594 g/mol. The summed E-state index contributed by atoms with van der Waals surface area (Å²) >= 11 is 5.88. The summed E-state index contributed by atoms with van der Waals surface area (Å²) in [5, 5.41) is 5.92. The van der Waals surface area contributed by atoms with Crippen LogP contribution in [0.4, 0.5) is 16.3 Å². The predicted molar refractivity (Wildman–Crippen MR) is 161 cm³/mol. The van der Waals surface area contributed by atoms with Crippen LogP contribution >= 0.6 is 11.6 Å². The van der Waals surface area contributed by atoms with Gasteiger partial charge < -0.3 is 25.0 Å². The summed E-state index contributed by atoms with van der Waals surface area (Å²) in [7, 11) is 0. The van der Waals surface area contributed by atoms with Crippen LogP contribution in [0.25, 0.3) is 0 Å². The Balaban J connectivity index is 1.49. The molecule has 4 rings (SSSR count). The quantitative estimate of drug-likeness (QED) is 0.319. The number of nitrogens with zero attached hydrogens (tertiary/aromatic N) is 3. The molecule has 42 heavy (non-hydrogen) atoms. The fourth-order valence-electron chi connectivity index (χ4n) is 4.35. The molecule has 1 saturated heterocycles. The van der Waals surface area contributed by atoms with Gasteiger partial charge in [-0.2, -0.15) is 0 Å². The Kier molecular flexibility index (Phi) is 9.67. The first-order valence-electron chi connectivity index (χ1n) is 13.9. The van der Waals surface area contributed by atoms with Crippen LogP contribution < -0.4 is 15.4 Å². The highest BCUT2D eigenvalue weighted by Crippen LogP contribution is 2.29. The highest BCUT2D eigenvalue weighted by molar-refractivity contribution is 6.30. The van der Waals surface area contributed by atoms with Crippen molar-refractivity contribution >= 4 is 41.0 Å². The molecule has 3 heterocycles. The molecule has 0 aliphatic carbocycles. The number of piperidine rings is 1. The molecule has 10 nitrogen and oxygen atoms in total. The summed E-state index contributed by atoms with van der Waals surface area (Å²) in [6, 6.07) is 11.9. The molecule has 2 N–H and O–H groups in total. The summed E-state index contributed by atoms with van der Waals surface area (Å²) < 4.78 is 11.9. The van der Waals surface area contributed by atoms with Crippen LogP contribution in [0.2, 0.25) is 5.02 Å². The molecule has 1 aliphatic heterocycles. The lowest BCUT2D eigenvalue weighted by Gasteiger charge is -2.33. The van der Waals surface area contributed by atoms with Crippen LogP contribution in [0.1, 0.15) is 79.8 Å². The van der Waals surface area contributed by atoms with Crippen molar-refractivity contribution in [3.63, 3.8) is 0 Å². The van der Waals surface area contributed by atoms with Gasteiger partial charge in [-0.25, -0.2) is 14.8 Å². The SMILES string of the molecule is CC(C)c1ccc(C(=O)Nc2cccnc2C(=O)Nc2ccc(Cl)cn2)c(OC2CCN(C(=O)OC(C)(C)C)CC2)c1. The van der Waals surface area contributed by atoms with E-state index in [2.05, 4.69) is 34.4 Å².